The molecule has 11 heteroatoms. The first-order valence-corrected chi connectivity index (χ1v) is 14.7. The topological polar surface area (TPSA) is 121 Å². The number of carbonyl (C=O) groups excluding carboxylic acids is 1. The number of anilines is 3. The molecule has 196 valence electrons. The maximum atomic E-state index is 12.8. The zero-order valence-electron chi connectivity index (χ0n) is 20.4. The van der Waals surface area contributed by atoms with Crippen molar-refractivity contribution >= 4 is 54.6 Å². The number of carbonyl (C=O) groups is 1. The number of sulfonamides is 2. The van der Waals surface area contributed by atoms with Crippen LogP contribution in [0.5, 0.6) is 0 Å². The van der Waals surface area contributed by atoms with Crippen molar-refractivity contribution in [2.24, 2.45) is 0 Å². The van der Waals surface area contributed by atoms with E-state index in [4.69, 9.17) is 11.6 Å². The van der Waals surface area contributed by atoms with Gasteiger partial charge in [0, 0.05) is 5.69 Å². The second-order valence-electron chi connectivity index (χ2n) is 8.52. The maximum Gasteiger partial charge on any atom is 0.261 e. The first-order valence-electron chi connectivity index (χ1n) is 11.3. The van der Waals surface area contributed by atoms with E-state index < -0.39 is 26.0 Å². The van der Waals surface area contributed by atoms with Crippen LogP contribution in [-0.4, -0.2) is 22.7 Å². The highest BCUT2D eigenvalue weighted by Crippen LogP contribution is 2.25. The summed E-state index contributed by atoms with van der Waals surface area (Å²) >= 11 is 6.27. The molecule has 0 spiro atoms. The summed E-state index contributed by atoms with van der Waals surface area (Å²) in [4.78, 5) is 12.9. The number of benzene rings is 4. The summed E-state index contributed by atoms with van der Waals surface area (Å²) in [5.74, 6) is -0.545. The summed E-state index contributed by atoms with van der Waals surface area (Å²) in [6.45, 7) is 3.74. The molecule has 4 rings (SSSR count). The second-order valence-corrected chi connectivity index (χ2v) is 12.3. The summed E-state index contributed by atoms with van der Waals surface area (Å²) in [5.41, 5.74) is 2.97. The Morgan fingerprint density at radius 2 is 1.29 bits per heavy atom. The highest BCUT2D eigenvalue weighted by molar-refractivity contribution is 7.93. The standard InChI is InChI=1S/C27H24ClN3O5S2/c1-18-8-15-26(19(2)16-18)31-38(35,36)23-12-9-20(10-13-23)29-27(32)24-14-11-21(17-25(24)28)30-37(33,34)22-6-4-3-5-7-22/h3-17,30-31H,1-2H3,(H,29,32). The summed E-state index contributed by atoms with van der Waals surface area (Å²) in [6, 6.07) is 23.1. The van der Waals surface area contributed by atoms with Gasteiger partial charge in [0.2, 0.25) is 0 Å². The summed E-state index contributed by atoms with van der Waals surface area (Å²) < 4.78 is 55.6. The van der Waals surface area contributed by atoms with Crippen LogP contribution in [0, 0.1) is 13.8 Å². The maximum absolute atomic E-state index is 12.8. The minimum absolute atomic E-state index is 0.0311. The van der Waals surface area contributed by atoms with Crippen LogP contribution in [0.1, 0.15) is 21.5 Å². The van der Waals surface area contributed by atoms with E-state index in [1.807, 2.05) is 26.0 Å². The van der Waals surface area contributed by atoms with E-state index in [9.17, 15) is 21.6 Å². The molecule has 3 N–H and O–H groups in total. The van der Waals surface area contributed by atoms with Gasteiger partial charge in [0.25, 0.3) is 26.0 Å². The van der Waals surface area contributed by atoms with Crippen molar-refractivity contribution in [1.82, 2.24) is 0 Å². The molecule has 0 saturated carbocycles. The van der Waals surface area contributed by atoms with E-state index in [0.29, 0.717) is 11.4 Å². The Hall–Kier alpha value is -3.86. The van der Waals surface area contributed by atoms with Crippen LogP contribution in [0.15, 0.2) is 101 Å². The summed E-state index contributed by atoms with van der Waals surface area (Å²) in [6.07, 6.45) is 0. The van der Waals surface area contributed by atoms with Crippen molar-refractivity contribution in [3.8, 4) is 0 Å². The predicted octanol–water partition coefficient (Wildman–Crippen LogP) is 5.81. The molecule has 0 atom stereocenters. The van der Waals surface area contributed by atoms with Gasteiger partial charge in [-0.05, 0) is 80.1 Å². The molecule has 38 heavy (non-hydrogen) atoms. The molecular formula is C27H24ClN3O5S2. The number of nitrogens with one attached hydrogen (secondary N) is 3. The van der Waals surface area contributed by atoms with Gasteiger partial charge in [-0.15, -0.1) is 0 Å². The molecule has 0 saturated heterocycles. The zero-order valence-corrected chi connectivity index (χ0v) is 22.8. The van der Waals surface area contributed by atoms with Crippen molar-refractivity contribution in [2.45, 2.75) is 23.6 Å². The van der Waals surface area contributed by atoms with Crippen molar-refractivity contribution in [1.29, 1.82) is 0 Å². The molecule has 4 aromatic rings. The van der Waals surface area contributed by atoms with Crippen molar-refractivity contribution in [2.75, 3.05) is 14.8 Å². The van der Waals surface area contributed by atoms with E-state index >= 15 is 0 Å². The molecule has 0 aromatic heterocycles. The van der Waals surface area contributed by atoms with Crippen molar-refractivity contribution in [3.05, 3.63) is 113 Å². The lowest BCUT2D eigenvalue weighted by Gasteiger charge is -2.12. The fraction of sp³-hybridized carbons (Fsp3) is 0.0741. The van der Waals surface area contributed by atoms with E-state index in [-0.39, 0.29) is 26.1 Å². The molecule has 1 amide bonds. The quantitative estimate of drug-likeness (QED) is 0.247. The molecule has 0 unspecified atom stereocenters. The van der Waals surface area contributed by atoms with Gasteiger partial charge in [0.05, 0.1) is 31.8 Å². The van der Waals surface area contributed by atoms with Crippen LogP contribution in [0.2, 0.25) is 5.02 Å². The molecule has 0 aliphatic heterocycles. The molecule has 0 aliphatic carbocycles. The zero-order chi connectivity index (χ0) is 27.5. The van der Waals surface area contributed by atoms with Crippen LogP contribution in [0.3, 0.4) is 0 Å². The van der Waals surface area contributed by atoms with Crippen LogP contribution in [0.4, 0.5) is 17.1 Å². The number of amides is 1. The molecule has 0 bridgehead atoms. The van der Waals surface area contributed by atoms with Crippen LogP contribution < -0.4 is 14.8 Å². The molecule has 4 aromatic carbocycles. The Labute approximate surface area is 226 Å². The number of rotatable bonds is 8. The first kappa shape index (κ1) is 27.2. The number of hydrogen-bond donors (Lipinski definition) is 3. The summed E-state index contributed by atoms with van der Waals surface area (Å²) in [7, 11) is -7.65. The lowest BCUT2D eigenvalue weighted by atomic mass is 10.1. The molecular weight excluding hydrogens is 546 g/mol. The predicted molar refractivity (Wildman–Crippen MR) is 150 cm³/mol. The lowest BCUT2D eigenvalue weighted by molar-refractivity contribution is 0.102. The fourth-order valence-corrected chi connectivity index (χ4v) is 6.09. The van der Waals surface area contributed by atoms with E-state index in [1.165, 1.54) is 54.6 Å². The van der Waals surface area contributed by atoms with Crippen molar-refractivity contribution < 1.29 is 21.6 Å². The van der Waals surface area contributed by atoms with Crippen LogP contribution in [-0.2, 0) is 20.0 Å². The monoisotopic (exact) mass is 569 g/mol. The molecule has 8 nitrogen and oxygen atoms in total. The lowest BCUT2D eigenvalue weighted by Crippen LogP contribution is -2.15. The summed E-state index contributed by atoms with van der Waals surface area (Å²) in [5, 5.41) is 2.69. The highest BCUT2D eigenvalue weighted by Gasteiger charge is 2.18. The normalized spacial score (nSPS) is 11.6. The fourth-order valence-electron chi connectivity index (χ4n) is 3.62. The molecule has 0 aliphatic rings. The largest absolute Gasteiger partial charge is 0.322 e. The van der Waals surface area contributed by atoms with Gasteiger partial charge in [-0.1, -0.05) is 47.5 Å². The van der Waals surface area contributed by atoms with Gasteiger partial charge in [-0.2, -0.15) is 0 Å². The minimum atomic E-state index is -3.83. The van der Waals surface area contributed by atoms with Gasteiger partial charge in [0.1, 0.15) is 0 Å². The van der Waals surface area contributed by atoms with Crippen LogP contribution in [0.25, 0.3) is 0 Å². The average Bonchev–Trinajstić information content (AvgIpc) is 2.86. The Morgan fingerprint density at radius 3 is 1.92 bits per heavy atom. The highest BCUT2D eigenvalue weighted by atomic mass is 35.5. The minimum Gasteiger partial charge on any atom is -0.322 e. The Kier molecular flexibility index (Phi) is 7.77. The number of aryl methyl sites for hydroxylation is 2. The Morgan fingerprint density at radius 1 is 0.684 bits per heavy atom. The van der Waals surface area contributed by atoms with Gasteiger partial charge < -0.3 is 5.32 Å². The molecule has 0 fully saturated rings. The number of halogens is 1. The third-order valence-corrected chi connectivity index (χ3v) is 8.66. The first-order chi connectivity index (χ1) is 17.9. The van der Waals surface area contributed by atoms with Gasteiger partial charge in [-0.3, -0.25) is 14.2 Å². The average molecular weight is 570 g/mol. The van der Waals surface area contributed by atoms with Gasteiger partial charge >= 0.3 is 0 Å². The molecule has 0 heterocycles. The SMILES string of the molecule is Cc1ccc(NS(=O)(=O)c2ccc(NC(=O)c3ccc(NS(=O)(=O)c4ccccc4)cc3Cl)cc2)c(C)c1. The van der Waals surface area contributed by atoms with Gasteiger partial charge in [-0.25, -0.2) is 16.8 Å². The van der Waals surface area contributed by atoms with Gasteiger partial charge in [0.15, 0.2) is 0 Å². The van der Waals surface area contributed by atoms with E-state index in [0.717, 1.165) is 11.1 Å². The smallest absolute Gasteiger partial charge is 0.261 e. The van der Waals surface area contributed by atoms with E-state index in [1.54, 1.807) is 24.3 Å². The Balaban J connectivity index is 1.44. The Bertz CT molecular complexity index is 1710. The third-order valence-electron chi connectivity index (χ3n) is 5.57. The second kappa shape index (κ2) is 10.9. The van der Waals surface area contributed by atoms with E-state index in [2.05, 4.69) is 14.8 Å². The molecule has 0 radical (unpaired) electrons. The van der Waals surface area contributed by atoms with Crippen molar-refractivity contribution in [3.63, 3.8) is 0 Å². The number of hydrogen-bond acceptors (Lipinski definition) is 5. The third kappa shape index (κ3) is 6.34. The van der Waals surface area contributed by atoms with Crippen LogP contribution >= 0.6 is 11.6 Å².